The molecule has 0 fully saturated rings. The maximum atomic E-state index is 12.7. The summed E-state index contributed by atoms with van der Waals surface area (Å²) in [5.74, 6) is 1.00. The first kappa shape index (κ1) is 21.2. The van der Waals surface area contributed by atoms with Crippen LogP contribution in [0.15, 0.2) is 72.9 Å². The lowest BCUT2D eigenvalue weighted by Crippen LogP contribution is -2.37. The molecule has 32 heavy (non-hydrogen) atoms. The first-order valence-corrected chi connectivity index (χ1v) is 10.2. The molecule has 0 saturated carbocycles. The molecule has 7 nitrogen and oxygen atoms in total. The molecule has 0 aliphatic rings. The molecule has 4 aromatic rings. The topological polar surface area (TPSA) is 79.9 Å². The fraction of sp³-hybridized carbons (Fsp3) is 0.125. The van der Waals surface area contributed by atoms with Gasteiger partial charge in [-0.25, -0.2) is 0 Å². The molecule has 0 spiro atoms. The van der Waals surface area contributed by atoms with Gasteiger partial charge in [-0.15, -0.1) is 0 Å². The van der Waals surface area contributed by atoms with Crippen molar-refractivity contribution in [2.45, 2.75) is 13.0 Å². The largest absolute Gasteiger partial charge is 0.481 e. The van der Waals surface area contributed by atoms with Crippen molar-refractivity contribution >= 4 is 28.8 Å². The number of nitriles is 1. The Hall–Kier alpha value is -4.02. The Bertz CT molecular complexity index is 1300. The maximum absolute atomic E-state index is 12.7. The number of pyridine rings is 1. The first-order chi connectivity index (χ1) is 15.5. The van der Waals surface area contributed by atoms with E-state index in [2.05, 4.69) is 11.1 Å². The van der Waals surface area contributed by atoms with Gasteiger partial charge in [-0.2, -0.15) is 10.2 Å². The van der Waals surface area contributed by atoms with Crippen LogP contribution in [0.1, 0.15) is 12.6 Å². The Morgan fingerprint density at radius 1 is 1.09 bits per heavy atom. The van der Waals surface area contributed by atoms with E-state index in [1.54, 1.807) is 65.9 Å². The number of anilines is 1. The molecule has 4 rings (SSSR count). The van der Waals surface area contributed by atoms with Gasteiger partial charge in [-0.3, -0.25) is 9.20 Å². The summed E-state index contributed by atoms with van der Waals surface area (Å²) in [6, 6.07) is 21.6. The predicted octanol–water partition coefficient (Wildman–Crippen LogP) is 5.08. The third kappa shape index (κ3) is 4.36. The summed E-state index contributed by atoms with van der Waals surface area (Å²) in [6.07, 6.45) is 0.928. The molecule has 0 N–H and O–H groups in total. The number of rotatable bonds is 6. The van der Waals surface area contributed by atoms with Crippen LogP contribution in [0.2, 0.25) is 5.02 Å². The SMILES string of the molecule is CC(Oc1ccc(Oc2nc3ccc(Cl)cn3c2C#N)cc1)C(=O)N(C)c1ccccc1. The molecular weight excluding hydrogens is 428 g/mol. The molecule has 160 valence electrons. The fourth-order valence-corrected chi connectivity index (χ4v) is 3.33. The van der Waals surface area contributed by atoms with Gasteiger partial charge in [0.15, 0.2) is 11.8 Å². The van der Waals surface area contributed by atoms with Crippen LogP contribution in [0.25, 0.3) is 5.65 Å². The van der Waals surface area contributed by atoms with Crippen molar-refractivity contribution in [3.8, 4) is 23.4 Å². The molecule has 1 atom stereocenters. The molecule has 8 heteroatoms. The number of imidazole rings is 1. The molecule has 0 radical (unpaired) electrons. The van der Waals surface area contributed by atoms with Crippen LogP contribution in [0, 0.1) is 11.3 Å². The number of fused-ring (bicyclic) bond motifs is 1. The van der Waals surface area contributed by atoms with Crippen molar-refractivity contribution in [3.05, 3.63) is 83.6 Å². The fourth-order valence-electron chi connectivity index (χ4n) is 3.17. The smallest absolute Gasteiger partial charge is 0.267 e. The normalized spacial score (nSPS) is 11.6. The molecule has 2 heterocycles. The molecular formula is C24H19ClN4O3. The molecule has 2 aromatic carbocycles. The number of hydrogen-bond acceptors (Lipinski definition) is 5. The average Bonchev–Trinajstić information content (AvgIpc) is 3.15. The van der Waals surface area contributed by atoms with E-state index in [0.717, 1.165) is 5.69 Å². The number of para-hydroxylation sites is 1. The van der Waals surface area contributed by atoms with E-state index in [4.69, 9.17) is 21.1 Å². The van der Waals surface area contributed by atoms with E-state index in [9.17, 15) is 10.1 Å². The van der Waals surface area contributed by atoms with Crippen molar-refractivity contribution in [2.75, 3.05) is 11.9 Å². The lowest BCUT2D eigenvalue weighted by atomic mass is 10.2. The Morgan fingerprint density at radius 2 is 1.78 bits per heavy atom. The van der Waals surface area contributed by atoms with E-state index < -0.39 is 6.10 Å². The van der Waals surface area contributed by atoms with Gasteiger partial charge in [0.05, 0.1) is 5.02 Å². The van der Waals surface area contributed by atoms with E-state index in [1.165, 1.54) is 0 Å². The number of benzene rings is 2. The third-order valence-corrected chi connectivity index (χ3v) is 5.05. The molecule has 0 aliphatic heterocycles. The van der Waals surface area contributed by atoms with Crippen molar-refractivity contribution < 1.29 is 14.3 Å². The van der Waals surface area contributed by atoms with Gasteiger partial charge in [-0.05, 0) is 55.5 Å². The summed E-state index contributed by atoms with van der Waals surface area (Å²) in [5.41, 5.74) is 1.58. The summed E-state index contributed by atoms with van der Waals surface area (Å²) in [4.78, 5) is 18.6. The Balaban J connectivity index is 1.45. The molecule has 0 aliphatic carbocycles. The standard InChI is InChI=1S/C24H19ClN4O3/c1-16(24(30)28(2)18-6-4-3-5-7-18)31-19-9-11-20(12-10-19)32-23-21(14-26)29-15-17(25)8-13-22(29)27-23/h3-13,15-16H,1-2H3. The van der Waals surface area contributed by atoms with Crippen LogP contribution in [0.4, 0.5) is 5.69 Å². The Kier molecular flexibility index (Phi) is 5.97. The minimum Gasteiger partial charge on any atom is -0.481 e. The van der Waals surface area contributed by atoms with Gasteiger partial charge < -0.3 is 14.4 Å². The van der Waals surface area contributed by atoms with Gasteiger partial charge in [-0.1, -0.05) is 29.8 Å². The highest BCUT2D eigenvalue weighted by atomic mass is 35.5. The number of hydrogen-bond donors (Lipinski definition) is 0. The van der Waals surface area contributed by atoms with Crippen LogP contribution < -0.4 is 14.4 Å². The second kappa shape index (κ2) is 9.00. The summed E-state index contributed by atoms with van der Waals surface area (Å²) < 4.78 is 13.2. The minimum atomic E-state index is -0.680. The minimum absolute atomic E-state index is 0.168. The molecule has 0 saturated heterocycles. The van der Waals surface area contributed by atoms with Crippen LogP contribution in [-0.4, -0.2) is 28.4 Å². The summed E-state index contributed by atoms with van der Waals surface area (Å²) in [5, 5.41) is 9.99. The highest BCUT2D eigenvalue weighted by Gasteiger charge is 2.20. The number of likely N-dealkylation sites (N-methyl/N-ethyl adjacent to an activating group) is 1. The van der Waals surface area contributed by atoms with E-state index in [-0.39, 0.29) is 17.5 Å². The highest BCUT2D eigenvalue weighted by molar-refractivity contribution is 6.30. The second-order valence-corrected chi connectivity index (χ2v) is 7.46. The predicted molar refractivity (Wildman–Crippen MR) is 121 cm³/mol. The van der Waals surface area contributed by atoms with Crippen molar-refractivity contribution in [3.63, 3.8) is 0 Å². The number of ether oxygens (including phenoxy) is 2. The Labute approximate surface area is 190 Å². The van der Waals surface area contributed by atoms with Crippen molar-refractivity contribution in [1.29, 1.82) is 5.26 Å². The highest BCUT2D eigenvalue weighted by Crippen LogP contribution is 2.28. The lowest BCUT2D eigenvalue weighted by molar-refractivity contribution is -0.124. The van der Waals surface area contributed by atoms with Gasteiger partial charge in [0.2, 0.25) is 0 Å². The van der Waals surface area contributed by atoms with Gasteiger partial charge in [0.25, 0.3) is 11.8 Å². The first-order valence-electron chi connectivity index (χ1n) is 9.81. The quantitative estimate of drug-likeness (QED) is 0.412. The van der Waals surface area contributed by atoms with Gasteiger partial charge in [0, 0.05) is 18.9 Å². The number of aromatic nitrogens is 2. The number of carbonyl (C=O) groups is 1. The average molecular weight is 447 g/mol. The van der Waals surface area contributed by atoms with Crippen LogP contribution in [-0.2, 0) is 4.79 Å². The zero-order valence-corrected chi connectivity index (χ0v) is 18.2. The van der Waals surface area contributed by atoms with Crippen LogP contribution in [0.3, 0.4) is 0 Å². The summed E-state index contributed by atoms with van der Waals surface area (Å²) in [6.45, 7) is 1.70. The van der Waals surface area contributed by atoms with Gasteiger partial charge >= 0.3 is 0 Å². The number of amides is 1. The number of halogens is 1. The molecule has 1 amide bonds. The molecule has 2 aromatic heterocycles. The van der Waals surface area contributed by atoms with Gasteiger partial charge in [0.1, 0.15) is 23.2 Å². The zero-order chi connectivity index (χ0) is 22.7. The van der Waals surface area contributed by atoms with Crippen molar-refractivity contribution in [2.24, 2.45) is 0 Å². The number of carbonyl (C=O) groups excluding carboxylic acids is 1. The molecule has 1 unspecified atom stereocenters. The second-order valence-electron chi connectivity index (χ2n) is 7.02. The third-order valence-electron chi connectivity index (χ3n) is 4.83. The summed E-state index contributed by atoms with van der Waals surface area (Å²) in [7, 11) is 1.71. The summed E-state index contributed by atoms with van der Waals surface area (Å²) >= 11 is 6.01. The van der Waals surface area contributed by atoms with E-state index in [0.29, 0.717) is 22.2 Å². The van der Waals surface area contributed by atoms with Crippen molar-refractivity contribution in [1.82, 2.24) is 9.38 Å². The zero-order valence-electron chi connectivity index (χ0n) is 17.4. The Morgan fingerprint density at radius 3 is 2.47 bits per heavy atom. The van der Waals surface area contributed by atoms with E-state index >= 15 is 0 Å². The monoisotopic (exact) mass is 446 g/mol. The maximum Gasteiger partial charge on any atom is 0.267 e. The van der Waals surface area contributed by atoms with E-state index in [1.807, 2.05) is 30.3 Å². The molecule has 0 bridgehead atoms. The van der Waals surface area contributed by atoms with Crippen LogP contribution >= 0.6 is 11.6 Å². The lowest BCUT2D eigenvalue weighted by Gasteiger charge is -2.22. The number of nitrogens with zero attached hydrogens (tertiary/aromatic N) is 4. The van der Waals surface area contributed by atoms with Crippen LogP contribution in [0.5, 0.6) is 17.4 Å².